The zero-order valence-corrected chi connectivity index (χ0v) is 11.0. The van der Waals surface area contributed by atoms with Crippen molar-refractivity contribution in [3.05, 3.63) is 34.3 Å². The molecule has 1 aromatic carbocycles. The maximum Gasteiger partial charge on any atom is 0.326 e. The van der Waals surface area contributed by atoms with Gasteiger partial charge < -0.3 is 15.5 Å². The molecule has 0 unspecified atom stereocenters. The summed E-state index contributed by atoms with van der Waals surface area (Å²) in [4.78, 5) is 11.3. The van der Waals surface area contributed by atoms with Gasteiger partial charge in [0.15, 0.2) is 0 Å². The fourth-order valence-corrected chi connectivity index (χ4v) is 3.49. The number of rotatable bonds is 1. The van der Waals surface area contributed by atoms with Crippen molar-refractivity contribution in [3.63, 3.8) is 0 Å². The molecule has 94 valence electrons. The molecule has 4 nitrogen and oxygen atoms in total. The van der Waals surface area contributed by atoms with Crippen LogP contribution in [-0.4, -0.2) is 22.2 Å². The normalized spacial score (nSPS) is 28.4. The van der Waals surface area contributed by atoms with E-state index in [1.807, 2.05) is 12.2 Å². The lowest BCUT2D eigenvalue weighted by molar-refractivity contribution is -0.139. The minimum absolute atomic E-state index is 0.00750. The molecule has 1 aromatic rings. The molecule has 2 aliphatic rings. The number of aliphatic carboxylic acids is 1. The Morgan fingerprint density at radius 2 is 2.22 bits per heavy atom. The molecule has 0 aromatic heterocycles. The molecular formula is C13H12BrNO3. The van der Waals surface area contributed by atoms with Crippen LogP contribution in [0.25, 0.3) is 0 Å². The SMILES string of the molecule is O=C(O)[C@H]1Nc2c(O)ccc(Br)c2[C@H]2C=CC[C@@H]12. The minimum Gasteiger partial charge on any atom is -0.506 e. The molecule has 3 atom stereocenters. The zero-order valence-electron chi connectivity index (χ0n) is 9.43. The van der Waals surface area contributed by atoms with Crippen molar-refractivity contribution in [3.8, 4) is 5.75 Å². The minimum atomic E-state index is -0.876. The molecule has 0 spiro atoms. The number of hydrogen-bond donors (Lipinski definition) is 3. The second-order valence-electron chi connectivity index (χ2n) is 4.67. The number of phenols is 1. The van der Waals surface area contributed by atoms with E-state index in [1.165, 1.54) is 0 Å². The topological polar surface area (TPSA) is 69.6 Å². The van der Waals surface area contributed by atoms with Crippen LogP contribution in [0, 0.1) is 5.92 Å². The third-order valence-corrected chi connectivity index (χ3v) is 4.40. The summed E-state index contributed by atoms with van der Waals surface area (Å²) in [6, 6.07) is 2.70. The number of phenolic OH excluding ortho intramolecular Hbond substituents is 1. The first kappa shape index (κ1) is 11.6. The maximum atomic E-state index is 11.3. The third kappa shape index (κ3) is 1.54. The van der Waals surface area contributed by atoms with Gasteiger partial charge in [-0.25, -0.2) is 4.79 Å². The van der Waals surface area contributed by atoms with Gasteiger partial charge in [0, 0.05) is 21.9 Å². The molecule has 1 heterocycles. The Kier molecular flexibility index (Phi) is 2.59. The average Bonchev–Trinajstić information content (AvgIpc) is 2.81. The number of halogens is 1. The van der Waals surface area contributed by atoms with Crippen LogP contribution in [0.3, 0.4) is 0 Å². The van der Waals surface area contributed by atoms with Crippen molar-refractivity contribution in [2.75, 3.05) is 5.32 Å². The highest BCUT2D eigenvalue weighted by atomic mass is 79.9. The first-order valence-electron chi connectivity index (χ1n) is 5.77. The Hall–Kier alpha value is -1.49. The number of benzene rings is 1. The maximum absolute atomic E-state index is 11.3. The van der Waals surface area contributed by atoms with E-state index in [0.717, 1.165) is 16.5 Å². The van der Waals surface area contributed by atoms with Gasteiger partial charge in [0.25, 0.3) is 0 Å². The number of allylic oxidation sites excluding steroid dienone is 2. The van der Waals surface area contributed by atoms with Gasteiger partial charge in [-0.2, -0.15) is 0 Å². The Bertz CT molecular complexity index is 555. The van der Waals surface area contributed by atoms with E-state index in [2.05, 4.69) is 21.2 Å². The molecular weight excluding hydrogens is 298 g/mol. The molecule has 0 bridgehead atoms. The van der Waals surface area contributed by atoms with Gasteiger partial charge in [-0.05, 0) is 18.6 Å². The summed E-state index contributed by atoms with van der Waals surface area (Å²) < 4.78 is 0.896. The predicted octanol–water partition coefficient (Wildman–Crippen LogP) is 2.69. The zero-order chi connectivity index (χ0) is 12.9. The van der Waals surface area contributed by atoms with Crippen LogP contribution in [-0.2, 0) is 4.79 Å². The summed E-state index contributed by atoms with van der Waals surface area (Å²) in [5.41, 5.74) is 1.48. The van der Waals surface area contributed by atoms with Gasteiger partial charge in [-0.15, -0.1) is 0 Å². The Morgan fingerprint density at radius 1 is 1.44 bits per heavy atom. The molecule has 0 amide bonds. The summed E-state index contributed by atoms with van der Waals surface area (Å²) >= 11 is 3.48. The highest BCUT2D eigenvalue weighted by Crippen LogP contribution is 2.50. The molecule has 5 heteroatoms. The fourth-order valence-electron chi connectivity index (χ4n) is 2.89. The summed E-state index contributed by atoms with van der Waals surface area (Å²) in [5, 5.41) is 22.1. The monoisotopic (exact) mass is 309 g/mol. The number of aromatic hydroxyl groups is 1. The van der Waals surface area contributed by atoms with Gasteiger partial charge in [-0.1, -0.05) is 28.1 Å². The van der Waals surface area contributed by atoms with Crippen molar-refractivity contribution in [1.29, 1.82) is 0 Å². The standard InChI is InChI=1S/C13H12BrNO3/c14-8-4-5-9(16)12-10(8)6-2-1-3-7(6)11(15-12)13(17)18/h1-2,4-7,11,15-16H,3H2,(H,17,18)/t6-,7+,11-/m0/s1. The summed E-state index contributed by atoms with van der Waals surface area (Å²) in [7, 11) is 0. The molecule has 0 radical (unpaired) electrons. The second kappa shape index (κ2) is 4.02. The van der Waals surface area contributed by atoms with Gasteiger partial charge in [0.1, 0.15) is 11.8 Å². The second-order valence-corrected chi connectivity index (χ2v) is 5.52. The molecule has 1 aliphatic heterocycles. The van der Waals surface area contributed by atoms with Crippen molar-refractivity contribution < 1.29 is 15.0 Å². The number of carboxylic acid groups (broad SMARTS) is 1. The van der Waals surface area contributed by atoms with E-state index in [-0.39, 0.29) is 17.6 Å². The van der Waals surface area contributed by atoms with Gasteiger partial charge >= 0.3 is 5.97 Å². The number of fused-ring (bicyclic) bond motifs is 3. The van der Waals surface area contributed by atoms with Crippen molar-refractivity contribution in [2.45, 2.75) is 18.4 Å². The first-order chi connectivity index (χ1) is 8.59. The van der Waals surface area contributed by atoms with E-state index in [4.69, 9.17) is 0 Å². The van der Waals surface area contributed by atoms with Crippen LogP contribution < -0.4 is 5.32 Å². The Morgan fingerprint density at radius 3 is 2.94 bits per heavy atom. The van der Waals surface area contributed by atoms with Crippen LogP contribution >= 0.6 is 15.9 Å². The summed E-state index contributed by atoms with van der Waals surface area (Å²) in [5.74, 6) is -0.728. The van der Waals surface area contributed by atoms with Gasteiger partial charge in [-0.3, -0.25) is 0 Å². The third-order valence-electron chi connectivity index (χ3n) is 3.71. The van der Waals surface area contributed by atoms with Gasteiger partial charge in [0.2, 0.25) is 0 Å². The molecule has 0 saturated heterocycles. The van der Waals surface area contributed by atoms with Crippen LogP contribution in [0.15, 0.2) is 28.8 Å². The first-order valence-corrected chi connectivity index (χ1v) is 6.56. The molecule has 3 rings (SSSR count). The fraction of sp³-hybridized carbons (Fsp3) is 0.308. The van der Waals surface area contributed by atoms with E-state index >= 15 is 0 Å². The number of hydrogen-bond acceptors (Lipinski definition) is 3. The average molecular weight is 310 g/mol. The van der Waals surface area contributed by atoms with Crippen molar-refractivity contribution >= 4 is 27.6 Å². The molecule has 1 aliphatic carbocycles. The molecule has 18 heavy (non-hydrogen) atoms. The van der Waals surface area contributed by atoms with Crippen LogP contribution in [0.2, 0.25) is 0 Å². The van der Waals surface area contributed by atoms with E-state index < -0.39 is 12.0 Å². The smallest absolute Gasteiger partial charge is 0.326 e. The van der Waals surface area contributed by atoms with Crippen LogP contribution in [0.1, 0.15) is 17.9 Å². The highest BCUT2D eigenvalue weighted by molar-refractivity contribution is 9.10. The van der Waals surface area contributed by atoms with E-state index in [1.54, 1.807) is 12.1 Å². The molecule has 3 N–H and O–H groups in total. The number of nitrogens with one attached hydrogen (secondary N) is 1. The van der Waals surface area contributed by atoms with Crippen molar-refractivity contribution in [2.24, 2.45) is 5.92 Å². The van der Waals surface area contributed by atoms with Crippen LogP contribution in [0.4, 0.5) is 5.69 Å². The molecule has 0 saturated carbocycles. The van der Waals surface area contributed by atoms with E-state index in [0.29, 0.717) is 5.69 Å². The number of carboxylic acids is 1. The largest absolute Gasteiger partial charge is 0.506 e. The quantitative estimate of drug-likeness (QED) is 0.551. The number of carbonyl (C=O) groups is 1. The van der Waals surface area contributed by atoms with Crippen LogP contribution in [0.5, 0.6) is 5.75 Å². The van der Waals surface area contributed by atoms with Crippen molar-refractivity contribution in [1.82, 2.24) is 0 Å². The Balaban J connectivity index is 2.17. The lowest BCUT2D eigenvalue weighted by Crippen LogP contribution is -2.42. The number of anilines is 1. The Labute approximate surface area is 112 Å². The molecule has 0 fully saturated rings. The summed E-state index contributed by atoms with van der Waals surface area (Å²) in [6.45, 7) is 0. The lowest BCUT2D eigenvalue weighted by Gasteiger charge is -2.35. The predicted molar refractivity (Wildman–Crippen MR) is 70.8 cm³/mol. The lowest BCUT2D eigenvalue weighted by atomic mass is 9.79. The van der Waals surface area contributed by atoms with E-state index in [9.17, 15) is 15.0 Å². The summed E-state index contributed by atoms with van der Waals surface area (Å²) in [6.07, 6.45) is 4.79. The highest BCUT2D eigenvalue weighted by Gasteiger charge is 2.42. The van der Waals surface area contributed by atoms with Gasteiger partial charge in [0.05, 0.1) is 5.69 Å².